The topological polar surface area (TPSA) is 81.9 Å². The summed E-state index contributed by atoms with van der Waals surface area (Å²) in [4.78, 5) is 7.05. The van der Waals surface area contributed by atoms with Gasteiger partial charge in [0, 0.05) is 0 Å². The van der Waals surface area contributed by atoms with E-state index in [2.05, 4.69) is 4.90 Å². The van der Waals surface area contributed by atoms with E-state index in [1.54, 1.807) is 33.5 Å². The summed E-state index contributed by atoms with van der Waals surface area (Å²) in [6.45, 7) is 2.71. The highest BCUT2D eigenvalue weighted by Crippen LogP contribution is 2.38. The van der Waals surface area contributed by atoms with Gasteiger partial charge in [0.15, 0.2) is 23.1 Å². The molecule has 0 radical (unpaired) electrons. The Morgan fingerprint density at radius 1 is 0.969 bits per heavy atom. The molecule has 0 spiro atoms. The van der Waals surface area contributed by atoms with Crippen LogP contribution in [0, 0.1) is 0 Å². The summed E-state index contributed by atoms with van der Waals surface area (Å²) in [5.41, 5.74) is 1.52. The predicted molar refractivity (Wildman–Crippen MR) is 123 cm³/mol. The fourth-order valence-corrected chi connectivity index (χ4v) is 3.87. The zero-order valence-electron chi connectivity index (χ0n) is 18.6. The fourth-order valence-electron chi connectivity index (χ4n) is 3.87. The van der Waals surface area contributed by atoms with Crippen LogP contribution in [0.3, 0.4) is 0 Å². The minimum Gasteiger partial charge on any atom is -0.507 e. The Kier molecular flexibility index (Phi) is 6.61. The van der Waals surface area contributed by atoms with Crippen LogP contribution in [0.5, 0.6) is 23.0 Å². The molecule has 1 aliphatic heterocycles. The van der Waals surface area contributed by atoms with Crippen LogP contribution in [0.1, 0.15) is 24.2 Å². The molecule has 1 N–H and O–H groups in total. The van der Waals surface area contributed by atoms with Gasteiger partial charge < -0.3 is 19.3 Å². The lowest BCUT2D eigenvalue weighted by molar-refractivity contribution is 0.257. The third-order valence-corrected chi connectivity index (χ3v) is 5.48. The number of phenols is 1. The molecule has 0 aliphatic carbocycles. The summed E-state index contributed by atoms with van der Waals surface area (Å²) < 4.78 is 18.1. The minimum atomic E-state index is 0.183. The normalized spacial score (nSPS) is 14.2. The first-order chi connectivity index (χ1) is 15.6. The third kappa shape index (κ3) is 4.55. The van der Waals surface area contributed by atoms with E-state index in [1.165, 1.54) is 12.8 Å². The molecular formula is C24H28N4O4. The Labute approximate surface area is 187 Å². The molecule has 32 heavy (non-hydrogen) atoms. The van der Waals surface area contributed by atoms with Crippen molar-refractivity contribution in [3.63, 3.8) is 0 Å². The number of ether oxygens (including phenoxy) is 3. The van der Waals surface area contributed by atoms with Crippen molar-refractivity contribution in [2.24, 2.45) is 0 Å². The number of phenolic OH excluding ortho intramolecular Hbond substituents is 1. The molecule has 0 atom stereocenters. The van der Waals surface area contributed by atoms with Crippen LogP contribution in [0.25, 0.3) is 23.5 Å². The number of methoxy groups -OCH3 is 3. The average Bonchev–Trinajstić information content (AvgIpc) is 3.47. The lowest BCUT2D eigenvalue weighted by Gasteiger charge is -2.16. The van der Waals surface area contributed by atoms with Gasteiger partial charge in [-0.1, -0.05) is 18.2 Å². The molecular weight excluding hydrogens is 408 g/mol. The quantitative estimate of drug-likeness (QED) is 0.573. The highest BCUT2D eigenvalue weighted by Gasteiger charge is 2.18. The van der Waals surface area contributed by atoms with E-state index in [9.17, 15) is 5.11 Å². The van der Waals surface area contributed by atoms with Gasteiger partial charge >= 0.3 is 0 Å². The van der Waals surface area contributed by atoms with Gasteiger partial charge in [-0.05, 0) is 61.8 Å². The van der Waals surface area contributed by atoms with E-state index in [-0.39, 0.29) is 5.75 Å². The summed E-state index contributed by atoms with van der Waals surface area (Å²) in [6, 6.07) is 10.9. The maximum absolute atomic E-state index is 10.4. The number of aromatic nitrogens is 3. The van der Waals surface area contributed by atoms with Crippen LogP contribution >= 0.6 is 0 Å². The second-order valence-electron chi connectivity index (χ2n) is 7.57. The molecule has 4 rings (SSSR count). The lowest BCUT2D eigenvalue weighted by Crippen LogP contribution is -2.24. The second-order valence-corrected chi connectivity index (χ2v) is 7.57. The molecule has 1 aromatic heterocycles. The molecule has 0 saturated carbocycles. The summed E-state index contributed by atoms with van der Waals surface area (Å²) >= 11 is 0. The molecule has 0 bridgehead atoms. The van der Waals surface area contributed by atoms with Gasteiger partial charge in [-0.2, -0.15) is 0 Å². The van der Waals surface area contributed by atoms with Crippen LogP contribution < -0.4 is 14.2 Å². The first kappa shape index (κ1) is 21.7. The Morgan fingerprint density at radius 3 is 2.28 bits per heavy atom. The fraction of sp³-hybridized carbons (Fsp3) is 0.333. The summed E-state index contributed by atoms with van der Waals surface area (Å²) in [6.07, 6.45) is 6.11. The number of benzene rings is 2. The molecule has 168 valence electrons. The van der Waals surface area contributed by atoms with E-state index >= 15 is 0 Å². The molecule has 0 unspecified atom stereocenters. The average molecular weight is 437 g/mol. The van der Waals surface area contributed by atoms with Crippen molar-refractivity contribution in [1.29, 1.82) is 0 Å². The van der Waals surface area contributed by atoms with Crippen molar-refractivity contribution >= 4 is 12.2 Å². The van der Waals surface area contributed by atoms with Gasteiger partial charge in [-0.25, -0.2) is 9.67 Å². The largest absolute Gasteiger partial charge is 0.507 e. The van der Waals surface area contributed by atoms with Gasteiger partial charge in [-0.3, -0.25) is 4.90 Å². The second kappa shape index (κ2) is 9.74. The molecule has 3 aromatic rings. The number of hydrogen-bond donors (Lipinski definition) is 1. The minimum absolute atomic E-state index is 0.183. The van der Waals surface area contributed by atoms with Crippen LogP contribution in [-0.2, 0) is 6.67 Å². The predicted octanol–water partition coefficient (Wildman–Crippen LogP) is 3.90. The molecule has 0 amide bonds. The molecule has 2 heterocycles. The van der Waals surface area contributed by atoms with E-state index in [0.717, 1.165) is 18.7 Å². The summed E-state index contributed by atoms with van der Waals surface area (Å²) in [5.74, 6) is 3.07. The van der Waals surface area contributed by atoms with Gasteiger partial charge in [0.25, 0.3) is 0 Å². The maximum atomic E-state index is 10.4. The van der Waals surface area contributed by atoms with Crippen LogP contribution in [0.2, 0.25) is 0 Å². The Morgan fingerprint density at radius 2 is 1.66 bits per heavy atom. The number of nitrogens with zero attached hydrogens (tertiary/aromatic N) is 4. The Bertz CT molecular complexity index is 1080. The molecule has 1 fully saturated rings. The SMILES string of the molecule is COc1cc(/C=C/c2nc(-c3ccccc3O)n(CN3CCCC3)n2)cc(OC)c1OC. The zero-order valence-corrected chi connectivity index (χ0v) is 18.6. The third-order valence-electron chi connectivity index (χ3n) is 5.48. The van der Waals surface area contributed by atoms with Crippen molar-refractivity contribution in [3.8, 4) is 34.4 Å². The van der Waals surface area contributed by atoms with Crippen molar-refractivity contribution in [2.75, 3.05) is 34.4 Å². The number of hydrogen-bond acceptors (Lipinski definition) is 7. The van der Waals surface area contributed by atoms with Crippen molar-refractivity contribution in [3.05, 3.63) is 47.8 Å². The zero-order chi connectivity index (χ0) is 22.5. The molecule has 8 heteroatoms. The number of likely N-dealkylation sites (tertiary alicyclic amines) is 1. The monoisotopic (exact) mass is 436 g/mol. The van der Waals surface area contributed by atoms with Gasteiger partial charge in [-0.15, -0.1) is 5.10 Å². The Hall–Kier alpha value is -3.52. The molecule has 1 aliphatic rings. The van der Waals surface area contributed by atoms with Crippen molar-refractivity contribution in [1.82, 2.24) is 19.7 Å². The van der Waals surface area contributed by atoms with E-state index < -0.39 is 0 Å². The summed E-state index contributed by atoms with van der Waals surface area (Å²) in [7, 11) is 4.75. The maximum Gasteiger partial charge on any atom is 0.203 e. The number of rotatable bonds is 8. The lowest BCUT2D eigenvalue weighted by atomic mass is 10.1. The smallest absolute Gasteiger partial charge is 0.203 e. The van der Waals surface area contributed by atoms with E-state index in [0.29, 0.717) is 41.1 Å². The standard InChI is InChI=1S/C24H28N4O4/c1-30-20-14-17(15-21(31-2)23(20)32-3)10-11-22-25-24(18-8-4-5-9-19(18)29)28(26-22)16-27-12-6-7-13-27/h4-5,8-11,14-15,29H,6-7,12-13,16H2,1-3H3/b11-10+. The van der Waals surface area contributed by atoms with Gasteiger partial charge in [0.05, 0.1) is 33.6 Å². The van der Waals surface area contributed by atoms with Crippen molar-refractivity contribution in [2.45, 2.75) is 19.5 Å². The van der Waals surface area contributed by atoms with Crippen LogP contribution in [0.4, 0.5) is 0 Å². The highest BCUT2D eigenvalue weighted by atomic mass is 16.5. The Balaban J connectivity index is 1.68. The van der Waals surface area contributed by atoms with Crippen LogP contribution in [0.15, 0.2) is 36.4 Å². The number of aromatic hydroxyl groups is 1. The highest BCUT2D eigenvalue weighted by molar-refractivity contribution is 5.72. The van der Waals surface area contributed by atoms with E-state index in [1.807, 2.05) is 41.1 Å². The van der Waals surface area contributed by atoms with Gasteiger partial charge in [0.1, 0.15) is 5.75 Å². The molecule has 1 saturated heterocycles. The van der Waals surface area contributed by atoms with Crippen molar-refractivity contribution < 1.29 is 19.3 Å². The van der Waals surface area contributed by atoms with Crippen LogP contribution in [-0.4, -0.2) is 59.2 Å². The molecule has 8 nitrogen and oxygen atoms in total. The summed E-state index contributed by atoms with van der Waals surface area (Å²) in [5, 5.41) is 15.1. The molecule has 2 aromatic carbocycles. The van der Waals surface area contributed by atoms with Gasteiger partial charge in [0.2, 0.25) is 5.75 Å². The van der Waals surface area contributed by atoms with E-state index in [4.69, 9.17) is 24.3 Å². The number of para-hydroxylation sites is 1. The first-order valence-electron chi connectivity index (χ1n) is 10.6. The first-order valence-corrected chi connectivity index (χ1v) is 10.6.